The van der Waals surface area contributed by atoms with Crippen LogP contribution in [0.15, 0.2) is 24.3 Å². The lowest BCUT2D eigenvalue weighted by Gasteiger charge is -2.08. The van der Waals surface area contributed by atoms with Gasteiger partial charge in [-0.05, 0) is 23.3 Å². The zero-order valence-electron chi connectivity index (χ0n) is 10.6. The van der Waals surface area contributed by atoms with E-state index in [0.29, 0.717) is 6.42 Å². The van der Waals surface area contributed by atoms with Gasteiger partial charge in [0, 0.05) is 5.75 Å². The highest BCUT2D eigenvalue weighted by molar-refractivity contribution is 7.98. The van der Waals surface area contributed by atoms with E-state index in [1.165, 1.54) is 31.3 Å². The standard InChI is InChI=1S/C14H20O2S/c1-3-4-9-17-11-13-8-6-5-7-12(13)10-14(15)16-2/h5-8H,3-4,9-11H2,1-2H3. The molecule has 0 atom stereocenters. The molecule has 0 saturated heterocycles. The lowest BCUT2D eigenvalue weighted by Crippen LogP contribution is -2.06. The molecule has 0 amide bonds. The first-order chi connectivity index (χ1) is 8.27. The van der Waals surface area contributed by atoms with Crippen LogP contribution in [0.3, 0.4) is 0 Å². The van der Waals surface area contributed by atoms with E-state index in [1.54, 1.807) is 0 Å². The van der Waals surface area contributed by atoms with Gasteiger partial charge in [-0.3, -0.25) is 4.79 Å². The van der Waals surface area contributed by atoms with Crippen molar-refractivity contribution in [3.63, 3.8) is 0 Å². The van der Waals surface area contributed by atoms with Crippen molar-refractivity contribution in [3.8, 4) is 0 Å². The molecule has 1 aromatic rings. The molecule has 0 radical (unpaired) electrons. The summed E-state index contributed by atoms with van der Waals surface area (Å²) in [4.78, 5) is 11.3. The van der Waals surface area contributed by atoms with Gasteiger partial charge in [0.15, 0.2) is 0 Å². The van der Waals surface area contributed by atoms with Gasteiger partial charge in [0.05, 0.1) is 13.5 Å². The summed E-state index contributed by atoms with van der Waals surface area (Å²) in [6.07, 6.45) is 2.86. The Morgan fingerprint density at radius 2 is 2.00 bits per heavy atom. The van der Waals surface area contributed by atoms with Crippen LogP contribution in [0.25, 0.3) is 0 Å². The van der Waals surface area contributed by atoms with E-state index in [-0.39, 0.29) is 5.97 Å². The van der Waals surface area contributed by atoms with Crippen LogP contribution in [0, 0.1) is 0 Å². The summed E-state index contributed by atoms with van der Waals surface area (Å²) in [5.41, 5.74) is 2.34. The van der Waals surface area contributed by atoms with Crippen LogP contribution in [-0.4, -0.2) is 18.8 Å². The second-order valence-corrected chi connectivity index (χ2v) is 5.03. The number of benzene rings is 1. The molecule has 0 aliphatic heterocycles. The molecule has 17 heavy (non-hydrogen) atoms. The molecule has 1 rings (SSSR count). The Morgan fingerprint density at radius 1 is 1.29 bits per heavy atom. The number of hydrogen-bond donors (Lipinski definition) is 0. The molecule has 0 N–H and O–H groups in total. The molecule has 0 aromatic heterocycles. The first kappa shape index (κ1) is 14.1. The third kappa shape index (κ3) is 5.26. The minimum absolute atomic E-state index is 0.170. The zero-order valence-corrected chi connectivity index (χ0v) is 11.4. The Hall–Kier alpha value is -0.960. The summed E-state index contributed by atoms with van der Waals surface area (Å²) >= 11 is 1.93. The Kier molecular flexibility index (Phi) is 6.78. The van der Waals surface area contributed by atoms with Crippen molar-refractivity contribution in [1.29, 1.82) is 0 Å². The fraction of sp³-hybridized carbons (Fsp3) is 0.500. The fourth-order valence-corrected chi connectivity index (χ4v) is 2.67. The summed E-state index contributed by atoms with van der Waals surface area (Å²) in [6, 6.07) is 8.10. The number of carbonyl (C=O) groups excluding carboxylic acids is 1. The average Bonchev–Trinajstić information content (AvgIpc) is 2.36. The molecule has 0 heterocycles. The number of esters is 1. The first-order valence-electron chi connectivity index (χ1n) is 5.99. The number of rotatable bonds is 7. The van der Waals surface area contributed by atoms with Crippen molar-refractivity contribution >= 4 is 17.7 Å². The Labute approximate surface area is 108 Å². The maximum absolute atomic E-state index is 11.3. The molecule has 94 valence electrons. The maximum Gasteiger partial charge on any atom is 0.309 e. The SMILES string of the molecule is CCCCSCc1ccccc1CC(=O)OC. The van der Waals surface area contributed by atoms with Crippen LogP contribution < -0.4 is 0 Å². The molecule has 0 unspecified atom stereocenters. The van der Waals surface area contributed by atoms with E-state index in [0.717, 1.165) is 11.3 Å². The highest BCUT2D eigenvalue weighted by atomic mass is 32.2. The highest BCUT2D eigenvalue weighted by Gasteiger charge is 2.07. The van der Waals surface area contributed by atoms with Gasteiger partial charge >= 0.3 is 5.97 Å². The van der Waals surface area contributed by atoms with Crippen LogP contribution in [-0.2, 0) is 21.7 Å². The summed E-state index contributed by atoms with van der Waals surface area (Å²) in [7, 11) is 1.43. The van der Waals surface area contributed by atoms with Gasteiger partial charge in [0.2, 0.25) is 0 Å². The normalized spacial score (nSPS) is 10.2. The fourth-order valence-electron chi connectivity index (χ4n) is 1.53. The maximum atomic E-state index is 11.3. The topological polar surface area (TPSA) is 26.3 Å². The Bertz CT molecular complexity index is 350. The predicted molar refractivity (Wildman–Crippen MR) is 73.2 cm³/mol. The molecular formula is C14H20O2S. The van der Waals surface area contributed by atoms with Gasteiger partial charge in [-0.25, -0.2) is 0 Å². The van der Waals surface area contributed by atoms with Crippen molar-refractivity contribution < 1.29 is 9.53 Å². The molecule has 0 saturated carbocycles. The quantitative estimate of drug-likeness (QED) is 0.549. The molecule has 0 aliphatic rings. The van der Waals surface area contributed by atoms with Crippen molar-refractivity contribution in [2.24, 2.45) is 0 Å². The van der Waals surface area contributed by atoms with Crippen molar-refractivity contribution in [2.75, 3.05) is 12.9 Å². The van der Waals surface area contributed by atoms with Gasteiger partial charge in [0.1, 0.15) is 0 Å². The zero-order chi connectivity index (χ0) is 12.5. The largest absolute Gasteiger partial charge is 0.469 e. The van der Waals surface area contributed by atoms with E-state index >= 15 is 0 Å². The lowest BCUT2D eigenvalue weighted by molar-refractivity contribution is -0.139. The number of ether oxygens (including phenoxy) is 1. The second kappa shape index (κ2) is 8.18. The number of carbonyl (C=O) groups is 1. The number of hydrogen-bond acceptors (Lipinski definition) is 3. The van der Waals surface area contributed by atoms with Crippen LogP contribution in [0.2, 0.25) is 0 Å². The van der Waals surface area contributed by atoms with E-state index < -0.39 is 0 Å². The van der Waals surface area contributed by atoms with Gasteiger partial charge in [-0.1, -0.05) is 37.6 Å². The lowest BCUT2D eigenvalue weighted by atomic mass is 10.1. The molecule has 2 nitrogen and oxygen atoms in total. The van der Waals surface area contributed by atoms with Crippen LogP contribution >= 0.6 is 11.8 Å². The van der Waals surface area contributed by atoms with E-state index in [2.05, 4.69) is 13.0 Å². The van der Waals surface area contributed by atoms with Crippen LogP contribution in [0.4, 0.5) is 0 Å². The summed E-state index contributed by atoms with van der Waals surface area (Å²) in [6.45, 7) is 2.20. The third-order valence-electron chi connectivity index (χ3n) is 2.58. The number of thioether (sulfide) groups is 1. The average molecular weight is 252 g/mol. The first-order valence-corrected chi connectivity index (χ1v) is 7.14. The van der Waals surface area contributed by atoms with Crippen molar-refractivity contribution in [1.82, 2.24) is 0 Å². The molecule has 0 spiro atoms. The van der Waals surface area contributed by atoms with E-state index in [4.69, 9.17) is 4.74 Å². The molecule has 3 heteroatoms. The van der Waals surface area contributed by atoms with E-state index in [1.807, 2.05) is 30.0 Å². The monoisotopic (exact) mass is 252 g/mol. The van der Waals surface area contributed by atoms with Gasteiger partial charge < -0.3 is 4.74 Å². The third-order valence-corrected chi connectivity index (χ3v) is 3.67. The molecule has 0 fully saturated rings. The minimum atomic E-state index is -0.170. The smallest absolute Gasteiger partial charge is 0.309 e. The molecule has 0 bridgehead atoms. The van der Waals surface area contributed by atoms with Crippen molar-refractivity contribution in [2.45, 2.75) is 31.9 Å². The van der Waals surface area contributed by atoms with E-state index in [9.17, 15) is 4.79 Å². The predicted octanol–water partition coefficient (Wildman–Crippen LogP) is 3.44. The summed E-state index contributed by atoms with van der Waals surface area (Å²) < 4.78 is 4.71. The summed E-state index contributed by atoms with van der Waals surface area (Å²) in [5, 5.41) is 0. The minimum Gasteiger partial charge on any atom is -0.469 e. The number of unbranched alkanes of at least 4 members (excludes halogenated alkanes) is 1. The highest BCUT2D eigenvalue weighted by Crippen LogP contribution is 2.18. The molecular weight excluding hydrogens is 232 g/mol. The molecule has 1 aromatic carbocycles. The van der Waals surface area contributed by atoms with Crippen LogP contribution in [0.1, 0.15) is 30.9 Å². The van der Waals surface area contributed by atoms with Crippen molar-refractivity contribution in [3.05, 3.63) is 35.4 Å². The number of methoxy groups -OCH3 is 1. The summed E-state index contributed by atoms with van der Waals surface area (Å²) in [5.74, 6) is 1.99. The second-order valence-electron chi connectivity index (χ2n) is 3.93. The van der Waals surface area contributed by atoms with Gasteiger partial charge in [-0.15, -0.1) is 0 Å². The van der Waals surface area contributed by atoms with Crippen LogP contribution in [0.5, 0.6) is 0 Å². The Morgan fingerprint density at radius 3 is 2.65 bits per heavy atom. The van der Waals surface area contributed by atoms with Gasteiger partial charge in [0.25, 0.3) is 0 Å². The Balaban J connectivity index is 2.54. The van der Waals surface area contributed by atoms with Gasteiger partial charge in [-0.2, -0.15) is 11.8 Å². The molecule has 0 aliphatic carbocycles.